The van der Waals surface area contributed by atoms with Crippen molar-refractivity contribution in [1.29, 1.82) is 0 Å². The van der Waals surface area contributed by atoms with E-state index in [2.05, 4.69) is 10.5 Å². The molecule has 7 heteroatoms. The number of halogens is 1. The molecule has 0 aliphatic carbocycles. The van der Waals surface area contributed by atoms with Gasteiger partial charge in [-0.05, 0) is 48.9 Å². The van der Waals surface area contributed by atoms with E-state index < -0.39 is 0 Å². The van der Waals surface area contributed by atoms with Gasteiger partial charge in [0.25, 0.3) is 5.91 Å². The minimum Gasteiger partial charge on any atom is -0.496 e. The molecule has 3 aromatic carbocycles. The van der Waals surface area contributed by atoms with Gasteiger partial charge < -0.3 is 14.2 Å². The second-order valence-corrected chi connectivity index (χ2v) is 6.83. The molecule has 31 heavy (non-hydrogen) atoms. The summed E-state index contributed by atoms with van der Waals surface area (Å²) in [6.07, 6.45) is 1.54. The zero-order valence-electron chi connectivity index (χ0n) is 17.3. The molecule has 0 bridgehead atoms. The van der Waals surface area contributed by atoms with E-state index in [1.807, 2.05) is 37.3 Å². The van der Waals surface area contributed by atoms with E-state index in [-0.39, 0.29) is 5.91 Å². The van der Waals surface area contributed by atoms with Crippen LogP contribution >= 0.6 is 11.6 Å². The van der Waals surface area contributed by atoms with Gasteiger partial charge in [0.05, 0.1) is 25.5 Å². The molecule has 3 aromatic rings. The van der Waals surface area contributed by atoms with E-state index in [0.29, 0.717) is 41.0 Å². The van der Waals surface area contributed by atoms with Gasteiger partial charge in [0, 0.05) is 10.6 Å². The Kier molecular flexibility index (Phi) is 7.90. The van der Waals surface area contributed by atoms with Crippen molar-refractivity contribution >= 4 is 23.7 Å². The molecule has 0 saturated heterocycles. The molecular formula is C24H23ClN2O4. The summed E-state index contributed by atoms with van der Waals surface area (Å²) in [5, 5.41) is 4.68. The third kappa shape index (κ3) is 5.99. The Hall–Kier alpha value is -3.51. The molecule has 0 aliphatic heterocycles. The van der Waals surface area contributed by atoms with Crippen LogP contribution in [0.15, 0.2) is 71.8 Å². The number of carbonyl (C=O) groups is 1. The number of hydrogen-bond donors (Lipinski definition) is 1. The van der Waals surface area contributed by atoms with Crippen LogP contribution in [-0.2, 0) is 6.61 Å². The predicted octanol–water partition coefficient (Wildman–Crippen LogP) is 5.09. The first-order valence-corrected chi connectivity index (χ1v) is 10.1. The summed E-state index contributed by atoms with van der Waals surface area (Å²) in [6.45, 7) is 2.70. The normalized spacial score (nSPS) is 10.7. The molecule has 0 radical (unpaired) electrons. The summed E-state index contributed by atoms with van der Waals surface area (Å²) < 4.78 is 16.8. The van der Waals surface area contributed by atoms with Gasteiger partial charge in [0.15, 0.2) is 11.5 Å². The maximum Gasteiger partial charge on any atom is 0.275 e. The maximum atomic E-state index is 12.3. The van der Waals surface area contributed by atoms with Crippen molar-refractivity contribution in [3.8, 4) is 17.2 Å². The third-order valence-corrected chi connectivity index (χ3v) is 4.71. The van der Waals surface area contributed by atoms with Crippen molar-refractivity contribution in [1.82, 2.24) is 5.43 Å². The van der Waals surface area contributed by atoms with Crippen molar-refractivity contribution < 1.29 is 19.0 Å². The SMILES string of the molecule is CCOc1cc(/C=N/NC(=O)c2ccccc2OC)ccc1OCc1ccccc1Cl. The first-order chi connectivity index (χ1) is 15.1. The first-order valence-electron chi connectivity index (χ1n) is 9.71. The fourth-order valence-electron chi connectivity index (χ4n) is 2.82. The van der Waals surface area contributed by atoms with Crippen molar-refractivity contribution in [2.75, 3.05) is 13.7 Å². The highest BCUT2D eigenvalue weighted by molar-refractivity contribution is 6.31. The molecule has 1 amide bonds. The third-order valence-electron chi connectivity index (χ3n) is 4.34. The summed E-state index contributed by atoms with van der Waals surface area (Å²) in [6, 6.07) is 19.9. The molecule has 160 valence electrons. The van der Waals surface area contributed by atoms with Crippen LogP contribution in [0, 0.1) is 0 Å². The topological polar surface area (TPSA) is 69.2 Å². The highest BCUT2D eigenvalue weighted by atomic mass is 35.5. The number of para-hydroxylation sites is 1. The summed E-state index contributed by atoms with van der Waals surface area (Å²) in [4.78, 5) is 12.3. The lowest BCUT2D eigenvalue weighted by Gasteiger charge is -2.13. The highest BCUT2D eigenvalue weighted by Crippen LogP contribution is 2.29. The Morgan fingerprint density at radius 2 is 1.77 bits per heavy atom. The number of amides is 1. The fourth-order valence-corrected chi connectivity index (χ4v) is 3.01. The second-order valence-electron chi connectivity index (χ2n) is 6.42. The van der Waals surface area contributed by atoms with Crippen molar-refractivity contribution in [3.63, 3.8) is 0 Å². The van der Waals surface area contributed by atoms with Crippen molar-refractivity contribution in [2.24, 2.45) is 5.10 Å². The molecule has 6 nitrogen and oxygen atoms in total. The fraction of sp³-hybridized carbons (Fsp3) is 0.167. The molecule has 0 aromatic heterocycles. The Bertz CT molecular complexity index is 1070. The quantitative estimate of drug-likeness (QED) is 0.373. The Morgan fingerprint density at radius 3 is 2.55 bits per heavy atom. The summed E-state index contributed by atoms with van der Waals surface area (Å²) in [5.41, 5.74) is 4.54. The van der Waals surface area contributed by atoms with E-state index in [4.69, 9.17) is 25.8 Å². The molecule has 3 rings (SSSR count). The number of rotatable bonds is 9. The summed E-state index contributed by atoms with van der Waals surface area (Å²) >= 11 is 6.19. The van der Waals surface area contributed by atoms with Crippen LogP contribution in [0.1, 0.15) is 28.4 Å². The molecular weight excluding hydrogens is 416 g/mol. The van der Waals surface area contributed by atoms with Gasteiger partial charge in [0.2, 0.25) is 0 Å². The molecule has 0 heterocycles. The van der Waals surface area contributed by atoms with Crippen LogP contribution in [0.4, 0.5) is 0 Å². The van der Waals surface area contributed by atoms with E-state index in [1.54, 1.807) is 36.4 Å². The Labute approximate surface area is 186 Å². The van der Waals surface area contributed by atoms with Gasteiger partial charge in [-0.2, -0.15) is 5.10 Å². The second kappa shape index (κ2) is 11.0. The van der Waals surface area contributed by atoms with Crippen LogP contribution in [0.25, 0.3) is 0 Å². The van der Waals surface area contributed by atoms with Gasteiger partial charge in [0.1, 0.15) is 12.4 Å². The van der Waals surface area contributed by atoms with Crippen LogP contribution < -0.4 is 19.6 Å². The number of ether oxygens (including phenoxy) is 3. The van der Waals surface area contributed by atoms with E-state index in [9.17, 15) is 4.79 Å². The van der Waals surface area contributed by atoms with Gasteiger partial charge in [-0.3, -0.25) is 4.79 Å². The Morgan fingerprint density at radius 1 is 1.00 bits per heavy atom. The summed E-state index contributed by atoms with van der Waals surface area (Å²) in [5.74, 6) is 1.29. The standard InChI is InChI=1S/C24H23ClN2O4/c1-3-30-23-14-17(12-13-22(23)31-16-18-8-4-6-10-20(18)25)15-26-27-24(28)19-9-5-7-11-21(19)29-2/h4-15H,3,16H2,1-2H3,(H,27,28)/b26-15+. The predicted molar refractivity (Wildman–Crippen MR) is 121 cm³/mol. The number of hydrogen-bond acceptors (Lipinski definition) is 5. The van der Waals surface area contributed by atoms with Crippen molar-refractivity contribution in [2.45, 2.75) is 13.5 Å². The average Bonchev–Trinajstić information content (AvgIpc) is 2.79. The lowest BCUT2D eigenvalue weighted by molar-refractivity contribution is 0.0952. The molecule has 0 fully saturated rings. The number of hydrazone groups is 1. The van der Waals surface area contributed by atoms with Gasteiger partial charge in [-0.1, -0.05) is 41.9 Å². The van der Waals surface area contributed by atoms with E-state index in [0.717, 1.165) is 11.1 Å². The molecule has 0 spiro atoms. The molecule has 0 aliphatic rings. The number of nitrogens with zero attached hydrogens (tertiary/aromatic N) is 1. The largest absolute Gasteiger partial charge is 0.496 e. The van der Waals surface area contributed by atoms with Gasteiger partial charge in [-0.25, -0.2) is 5.43 Å². The van der Waals surface area contributed by atoms with Crippen molar-refractivity contribution in [3.05, 3.63) is 88.4 Å². The zero-order valence-corrected chi connectivity index (χ0v) is 18.1. The molecule has 1 N–H and O–H groups in total. The maximum absolute atomic E-state index is 12.3. The summed E-state index contributed by atoms with van der Waals surface area (Å²) in [7, 11) is 1.51. The zero-order chi connectivity index (χ0) is 22.1. The average molecular weight is 439 g/mol. The lowest BCUT2D eigenvalue weighted by Crippen LogP contribution is -2.18. The monoisotopic (exact) mass is 438 g/mol. The van der Waals surface area contributed by atoms with Gasteiger partial charge >= 0.3 is 0 Å². The Balaban J connectivity index is 1.68. The van der Waals surface area contributed by atoms with Crippen LogP contribution in [0.5, 0.6) is 17.2 Å². The van der Waals surface area contributed by atoms with Gasteiger partial charge in [-0.15, -0.1) is 0 Å². The smallest absolute Gasteiger partial charge is 0.275 e. The van der Waals surface area contributed by atoms with Crippen LogP contribution in [0.2, 0.25) is 5.02 Å². The van der Waals surface area contributed by atoms with E-state index in [1.165, 1.54) is 13.3 Å². The van der Waals surface area contributed by atoms with Crippen LogP contribution in [-0.4, -0.2) is 25.8 Å². The molecule has 0 saturated carbocycles. The lowest BCUT2D eigenvalue weighted by atomic mass is 10.2. The molecule has 0 atom stereocenters. The molecule has 0 unspecified atom stereocenters. The minimum absolute atomic E-state index is 0.322. The van der Waals surface area contributed by atoms with Crippen LogP contribution in [0.3, 0.4) is 0 Å². The minimum atomic E-state index is -0.363. The number of benzene rings is 3. The number of nitrogens with one attached hydrogen (secondary N) is 1. The van der Waals surface area contributed by atoms with E-state index >= 15 is 0 Å². The number of methoxy groups -OCH3 is 1. The highest BCUT2D eigenvalue weighted by Gasteiger charge is 2.11. The number of carbonyl (C=O) groups excluding carboxylic acids is 1. The first kappa shape index (κ1) is 22.2.